The van der Waals surface area contributed by atoms with Gasteiger partial charge in [0.25, 0.3) is 0 Å². The smallest absolute Gasteiger partial charge is 0.214 e. The molecule has 7 rings (SSSR count). The van der Waals surface area contributed by atoms with Crippen LogP contribution in [0.25, 0.3) is 22.2 Å². The Kier molecular flexibility index (Phi) is 5.22. The van der Waals surface area contributed by atoms with E-state index in [1.54, 1.807) is 7.11 Å². The second-order valence-electron chi connectivity index (χ2n) is 10.0. The zero-order valence-corrected chi connectivity index (χ0v) is 21.5. The number of para-hydroxylation sites is 1. The first-order valence-electron chi connectivity index (χ1n) is 12.8. The normalized spacial score (nSPS) is 18.1. The van der Waals surface area contributed by atoms with E-state index >= 15 is 0 Å². The van der Waals surface area contributed by atoms with Crippen molar-refractivity contribution in [3.63, 3.8) is 0 Å². The fraction of sp³-hybridized carbons (Fsp3) is 0.188. The second kappa shape index (κ2) is 8.77. The van der Waals surface area contributed by atoms with E-state index in [1.807, 2.05) is 24.3 Å². The van der Waals surface area contributed by atoms with Crippen LogP contribution in [-0.2, 0) is 0 Å². The number of nitrogens with zero attached hydrogens (tertiary/aromatic N) is 3. The Morgan fingerprint density at radius 3 is 2.34 bits per heavy atom. The Bertz CT molecular complexity index is 1690. The molecule has 0 saturated carbocycles. The molecule has 2 unspecified atom stereocenters. The molecule has 4 aromatic carbocycles. The first kappa shape index (κ1) is 22.6. The molecule has 0 spiro atoms. The number of aryl methyl sites for hydroxylation is 2. The summed E-state index contributed by atoms with van der Waals surface area (Å²) in [7, 11) is 1.68. The third-order valence-electron chi connectivity index (χ3n) is 7.48. The Labute approximate surface area is 221 Å². The van der Waals surface area contributed by atoms with Crippen molar-refractivity contribution in [1.29, 1.82) is 0 Å². The Hall–Kier alpha value is -4.58. The lowest BCUT2D eigenvalue weighted by Crippen LogP contribution is -2.33. The van der Waals surface area contributed by atoms with E-state index in [9.17, 15) is 0 Å². The van der Waals surface area contributed by atoms with E-state index in [0.29, 0.717) is 0 Å². The van der Waals surface area contributed by atoms with Crippen molar-refractivity contribution in [3.8, 4) is 22.8 Å². The quantitative estimate of drug-likeness (QED) is 0.257. The zero-order chi connectivity index (χ0) is 25.8. The molecule has 0 fully saturated rings. The molecule has 38 heavy (non-hydrogen) atoms. The molecule has 1 aromatic heterocycles. The average molecular weight is 502 g/mol. The summed E-state index contributed by atoms with van der Waals surface area (Å²) in [5.41, 5.74) is 8.46. The minimum Gasteiger partial charge on any atom is -0.493 e. The summed E-state index contributed by atoms with van der Waals surface area (Å²) < 4.78 is 18.2. The Balaban J connectivity index is 1.35. The molecular formula is C32H27N3O3. The molecule has 0 radical (unpaired) electrons. The van der Waals surface area contributed by atoms with Crippen LogP contribution < -0.4 is 9.47 Å². The maximum absolute atomic E-state index is 6.69. The molecule has 2 aliphatic rings. The van der Waals surface area contributed by atoms with Crippen molar-refractivity contribution >= 4 is 16.6 Å². The highest BCUT2D eigenvalue weighted by Gasteiger charge is 2.42. The molecule has 6 nitrogen and oxygen atoms in total. The monoisotopic (exact) mass is 501 g/mol. The molecule has 0 aliphatic carbocycles. The van der Waals surface area contributed by atoms with Crippen LogP contribution in [0.4, 0.5) is 0 Å². The lowest BCUT2D eigenvalue weighted by Gasteiger charge is -2.38. The standard InChI is InChI=1S/C32H27N3O3/c1-19-7-11-21(12-8-19)27-18-28-24-5-4-6-29(36-3)31(24)37-32(35(28)33-27)23-15-16-26-25(17-23)30(38-34-26)22-13-9-20(2)10-14-22/h4-17,28,32H,18H2,1-3H3. The number of aromatic nitrogens is 1. The molecule has 2 aliphatic heterocycles. The van der Waals surface area contributed by atoms with Crippen LogP contribution in [0.3, 0.4) is 0 Å². The van der Waals surface area contributed by atoms with Gasteiger partial charge in [-0.05, 0) is 37.6 Å². The molecule has 2 atom stereocenters. The zero-order valence-electron chi connectivity index (χ0n) is 21.5. The van der Waals surface area contributed by atoms with Gasteiger partial charge in [-0.3, -0.25) is 0 Å². The minimum absolute atomic E-state index is 0.0323. The summed E-state index contributed by atoms with van der Waals surface area (Å²) in [6, 6.07) is 29.1. The maximum Gasteiger partial charge on any atom is 0.214 e. The SMILES string of the molecule is COc1cccc2c1OC(c1ccc3noc(-c4ccc(C)cc4)c3c1)N1N=C(c3ccc(C)cc3)CC21. The van der Waals surface area contributed by atoms with Gasteiger partial charge in [-0.25, -0.2) is 5.01 Å². The molecule has 3 heterocycles. The summed E-state index contributed by atoms with van der Waals surface area (Å²) in [6.07, 6.45) is 0.352. The van der Waals surface area contributed by atoms with Gasteiger partial charge in [0.1, 0.15) is 5.52 Å². The maximum atomic E-state index is 6.69. The molecule has 188 valence electrons. The van der Waals surface area contributed by atoms with Crippen molar-refractivity contribution < 1.29 is 14.0 Å². The summed E-state index contributed by atoms with van der Waals surface area (Å²) in [6.45, 7) is 4.17. The van der Waals surface area contributed by atoms with Gasteiger partial charge in [0, 0.05) is 23.1 Å². The molecule has 0 saturated heterocycles. The average Bonchev–Trinajstić information content (AvgIpc) is 3.58. The van der Waals surface area contributed by atoms with Crippen molar-refractivity contribution in [2.75, 3.05) is 7.11 Å². The van der Waals surface area contributed by atoms with Crippen molar-refractivity contribution in [2.24, 2.45) is 5.10 Å². The Morgan fingerprint density at radius 1 is 0.868 bits per heavy atom. The van der Waals surface area contributed by atoms with Gasteiger partial charge in [0.15, 0.2) is 17.3 Å². The topological polar surface area (TPSA) is 60.1 Å². The van der Waals surface area contributed by atoms with E-state index in [0.717, 1.165) is 62.5 Å². The number of ether oxygens (including phenoxy) is 2. The summed E-state index contributed by atoms with van der Waals surface area (Å²) in [5.74, 6) is 2.24. The fourth-order valence-electron chi connectivity index (χ4n) is 5.41. The summed E-state index contributed by atoms with van der Waals surface area (Å²) >= 11 is 0. The number of hydrogen-bond acceptors (Lipinski definition) is 6. The van der Waals surface area contributed by atoms with Crippen LogP contribution in [0.5, 0.6) is 11.5 Å². The van der Waals surface area contributed by atoms with Crippen LogP contribution in [0.15, 0.2) is 94.6 Å². The van der Waals surface area contributed by atoms with Crippen LogP contribution in [0, 0.1) is 13.8 Å². The Morgan fingerprint density at radius 2 is 1.61 bits per heavy atom. The van der Waals surface area contributed by atoms with Crippen molar-refractivity contribution in [3.05, 3.63) is 113 Å². The highest BCUT2D eigenvalue weighted by molar-refractivity contribution is 6.02. The second-order valence-corrected chi connectivity index (χ2v) is 10.0. The number of benzene rings is 4. The molecule has 0 amide bonds. The van der Waals surface area contributed by atoms with Crippen LogP contribution >= 0.6 is 0 Å². The van der Waals surface area contributed by atoms with Gasteiger partial charge < -0.3 is 14.0 Å². The van der Waals surface area contributed by atoms with E-state index in [1.165, 1.54) is 11.1 Å². The van der Waals surface area contributed by atoms with Crippen LogP contribution in [-0.4, -0.2) is 23.0 Å². The largest absolute Gasteiger partial charge is 0.493 e. The number of hydrogen-bond donors (Lipinski definition) is 0. The van der Waals surface area contributed by atoms with Gasteiger partial charge >= 0.3 is 0 Å². The first-order chi connectivity index (χ1) is 18.6. The molecule has 5 aromatic rings. The van der Waals surface area contributed by atoms with E-state index in [2.05, 4.69) is 84.7 Å². The highest BCUT2D eigenvalue weighted by Crippen LogP contribution is 2.51. The molecule has 6 heteroatoms. The van der Waals surface area contributed by atoms with E-state index in [-0.39, 0.29) is 6.04 Å². The van der Waals surface area contributed by atoms with Gasteiger partial charge in [0.05, 0.1) is 24.2 Å². The molecular weight excluding hydrogens is 474 g/mol. The summed E-state index contributed by atoms with van der Waals surface area (Å²) in [4.78, 5) is 0. The number of rotatable bonds is 4. The van der Waals surface area contributed by atoms with Gasteiger partial charge in [-0.15, -0.1) is 0 Å². The predicted octanol–water partition coefficient (Wildman–Crippen LogP) is 7.36. The fourth-order valence-corrected chi connectivity index (χ4v) is 5.41. The van der Waals surface area contributed by atoms with Crippen molar-refractivity contribution in [2.45, 2.75) is 32.5 Å². The lowest BCUT2D eigenvalue weighted by atomic mass is 9.95. The molecule has 0 N–H and O–H groups in total. The minimum atomic E-state index is -0.433. The van der Waals surface area contributed by atoms with Gasteiger partial charge in [-0.2, -0.15) is 5.10 Å². The highest BCUT2D eigenvalue weighted by atomic mass is 16.5. The van der Waals surface area contributed by atoms with Crippen LogP contribution in [0.1, 0.15) is 46.5 Å². The number of hydrazone groups is 1. The number of fused-ring (bicyclic) bond motifs is 4. The van der Waals surface area contributed by atoms with Gasteiger partial charge in [-0.1, -0.05) is 83.0 Å². The molecule has 0 bridgehead atoms. The third-order valence-corrected chi connectivity index (χ3v) is 7.48. The predicted molar refractivity (Wildman–Crippen MR) is 147 cm³/mol. The van der Waals surface area contributed by atoms with E-state index < -0.39 is 6.23 Å². The third kappa shape index (κ3) is 3.64. The summed E-state index contributed by atoms with van der Waals surface area (Å²) in [5, 5.41) is 12.5. The first-order valence-corrected chi connectivity index (χ1v) is 12.8. The number of methoxy groups -OCH3 is 1. The van der Waals surface area contributed by atoms with Crippen molar-refractivity contribution in [1.82, 2.24) is 10.2 Å². The van der Waals surface area contributed by atoms with Gasteiger partial charge in [0.2, 0.25) is 6.23 Å². The lowest BCUT2D eigenvalue weighted by molar-refractivity contribution is -0.0208. The van der Waals surface area contributed by atoms with Crippen LogP contribution in [0.2, 0.25) is 0 Å². The van der Waals surface area contributed by atoms with E-state index in [4.69, 9.17) is 19.1 Å².